The maximum Gasteiger partial charge on any atom is 0.410 e. The average molecular weight is 1180 g/mol. The minimum Gasteiger partial charge on any atom is -0.444 e. The molecule has 82 heavy (non-hydrogen) atoms. The van der Waals surface area contributed by atoms with E-state index in [1.165, 1.54) is 40.3 Å². The second kappa shape index (κ2) is 33.7. The van der Waals surface area contributed by atoms with Gasteiger partial charge in [-0.2, -0.15) is 5.26 Å². The van der Waals surface area contributed by atoms with Gasteiger partial charge < -0.3 is 29.9 Å². The van der Waals surface area contributed by atoms with Crippen LogP contribution in [0.2, 0.25) is 0 Å². The van der Waals surface area contributed by atoms with Gasteiger partial charge in [0.1, 0.15) is 11.2 Å². The van der Waals surface area contributed by atoms with Gasteiger partial charge in [0.25, 0.3) is 0 Å². The normalized spacial score (nSPS) is 20.1. The van der Waals surface area contributed by atoms with Gasteiger partial charge in [0.2, 0.25) is 0 Å². The lowest BCUT2D eigenvalue weighted by molar-refractivity contribution is -0.0164. The van der Waals surface area contributed by atoms with Crippen molar-refractivity contribution in [2.75, 3.05) is 39.3 Å². The highest BCUT2D eigenvalue weighted by Gasteiger charge is 2.38. The maximum absolute atomic E-state index is 12.7. The Morgan fingerprint density at radius 1 is 0.463 bits per heavy atom. The van der Waals surface area contributed by atoms with Crippen LogP contribution in [0.15, 0.2) is 182 Å². The molecular formula is C70H96BrN7O4. The molecule has 12 heteroatoms. The van der Waals surface area contributed by atoms with Crippen molar-refractivity contribution in [2.45, 2.75) is 162 Å². The topological polar surface area (TPSA) is 113 Å². The summed E-state index contributed by atoms with van der Waals surface area (Å²) in [7, 11) is 0. The van der Waals surface area contributed by atoms with Gasteiger partial charge in [-0.3, -0.25) is 9.80 Å². The Morgan fingerprint density at radius 3 is 1.07 bits per heavy atom. The number of alkyl halides is 1. The number of nitrogens with one attached hydrogen (secondary N) is 2. The van der Waals surface area contributed by atoms with Gasteiger partial charge in [-0.15, -0.1) is 0 Å². The van der Waals surface area contributed by atoms with Gasteiger partial charge in [-0.25, -0.2) is 9.59 Å². The summed E-state index contributed by atoms with van der Waals surface area (Å²) in [6.07, 6.45) is -0.425. The van der Waals surface area contributed by atoms with Crippen molar-refractivity contribution in [1.82, 2.24) is 30.2 Å². The van der Waals surface area contributed by atoms with E-state index in [0.717, 1.165) is 32.7 Å². The lowest BCUT2D eigenvalue weighted by Crippen LogP contribution is -2.59. The first-order valence-electron chi connectivity index (χ1n) is 28.8. The number of hydrogen-bond acceptors (Lipinski definition) is 9. The molecule has 6 atom stereocenters. The lowest BCUT2D eigenvalue weighted by atomic mass is 9.94. The zero-order valence-corrected chi connectivity index (χ0v) is 52.1. The van der Waals surface area contributed by atoms with Crippen molar-refractivity contribution < 1.29 is 19.1 Å². The van der Waals surface area contributed by atoms with Crippen LogP contribution in [-0.2, 0) is 9.47 Å². The summed E-state index contributed by atoms with van der Waals surface area (Å²) in [5.41, 5.74) is 7.00. The van der Waals surface area contributed by atoms with Crippen LogP contribution in [-0.4, -0.2) is 119 Å². The summed E-state index contributed by atoms with van der Waals surface area (Å²) in [5.74, 6) is 0. The third kappa shape index (κ3) is 21.8. The van der Waals surface area contributed by atoms with E-state index in [0.29, 0.717) is 35.5 Å². The monoisotopic (exact) mass is 1180 g/mol. The Labute approximate surface area is 502 Å². The zero-order valence-electron chi connectivity index (χ0n) is 50.5. The quantitative estimate of drug-likeness (QED) is 0.144. The van der Waals surface area contributed by atoms with Crippen LogP contribution < -0.4 is 10.6 Å². The van der Waals surface area contributed by atoms with Crippen LogP contribution in [0.3, 0.4) is 0 Å². The molecule has 0 unspecified atom stereocenters. The van der Waals surface area contributed by atoms with Gasteiger partial charge >= 0.3 is 12.2 Å². The number of ether oxygens (including phenoxy) is 2. The van der Waals surface area contributed by atoms with E-state index in [2.05, 4.69) is 241 Å². The minimum atomic E-state index is -0.478. The molecule has 0 aromatic heterocycles. The third-order valence-electron chi connectivity index (χ3n) is 14.2. The predicted molar refractivity (Wildman–Crippen MR) is 343 cm³/mol. The van der Waals surface area contributed by atoms with E-state index < -0.39 is 11.2 Å². The molecule has 0 bridgehead atoms. The summed E-state index contributed by atoms with van der Waals surface area (Å²) in [4.78, 5) is 33.6. The van der Waals surface area contributed by atoms with Crippen molar-refractivity contribution in [3.8, 4) is 6.07 Å². The van der Waals surface area contributed by atoms with Crippen LogP contribution in [0.4, 0.5) is 9.59 Å². The molecular weight excluding hydrogens is 1080 g/mol. The summed E-state index contributed by atoms with van der Waals surface area (Å²) in [6, 6.07) is 68.0. The predicted octanol–water partition coefficient (Wildman–Crippen LogP) is 15.5. The number of halogens is 1. The first kappa shape index (κ1) is 68.2. The third-order valence-corrected chi connectivity index (χ3v) is 15.2. The summed E-state index contributed by atoms with van der Waals surface area (Å²) in [6.45, 7) is 31.0. The fourth-order valence-electron chi connectivity index (χ4n) is 10.2. The average Bonchev–Trinajstić information content (AvgIpc) is 3.45. The highest BCUT2D eigenvalue weighted by atomic mass is 79.9. The molecule has 3 saturated heterocycles. The Hall–Kier alpha value is -6.33. The zero-order chi connectivity index (χ0) is 59.1. The van der Waals surface area contributed by atoms with Crippen LogP contribution in [0.25, 0.3) is 0 Å². The number of hydrogen-bond donors (Lipinski definition) is 2. The molecule has 11 nitrogen and oxygen atoms in total. The summed E-state index contributed by atoms with van der Waals surface area (Å²) >= 11 is 3.69. The largest absolute Gasteiger partial charge is 0.444 e. The van der Waals surface area contributed by atoms with Gasteiger partial charge in [0, 0.05) is 82.4 Å². The van der Waals surface area contributed by atoms with Crippen LogP contribution in [0.5, 0.6) is 0 Å². The Balaban J connectivity index is 0.000000238. The highest BCUT2D eigenvalue weighted by Crippen LogP contribution is 2.35. The fraction of sp³-hybridized carbons (Fsp3) is 0.443. The SMILES string of the molecule is BrC(c1ccccc1)c1ccccc1.C.CC#N.C[C@@H]1CN(C(c2ccccc2)c2ccccc2)[C@@H](C)CN1.C[C@@H]1CN(C(c2ccccc2)c2ccccc2)[C@@H](C)CN1C(=O)OC(C)(C)C.C[C@@H]1CN[C@@H](C)CN1C(=O)OC(C)(C)C. The van der Waals surface area contributed by atoms with Crippen molar-refractivity contribution >= 4 is 28.1 Å². The minimum absolute atomic E-state index is 0. The van der Waals surface area contributed by atoms with E-state index in [1.54, 1.807) is 11.0 Å². The molecule has 6 aromatic carbocycles. The molecule has 2 amide bonds. The molecule has 2 N–H and O–H groups in total. The first-order chi connectivity index (χ1) is 38.6. The van der Waals surface area contributed by atoms with Gasteiger partial charge in [-0.1, -0.05) is 205 Å². The second-order valence-corrected chi connectivity index (χ2v) is 24.4. The molecule has 9 rings (SSSR count). The van der Waals surface area contributed by atoms with E-state index in [1.807, 2.05) is 65.5 Å². The van der Waals surface area contributed by atoms with Crippen molar-refractivity contribution in [2.24, 2.45) is 0 Å². The maximum atomic E-state index is 12.7. The number of amides is 2. The molecule has 3 aliphatic heterocycles. The van der Waals surface area contributed by atoms with Gasteiger partial charge in [0.05, 0.1) is 23.0 Å². The second-order valence-electron chi connectivity index (χ2n) is 23.5. The van der Waals surface area contributed by atoms with Crippen molar-refractivity contribution in [3.05, 3.63) is 215 Å². The lowest BCUT2D eigenvalue weighted by Gasteiger charge is -2.47. The van der Waals surface area contributed by atoms with Crippen LogP contribution in [0, 0.1) is 11.3 Å². The van der Waals surface area contributed by atoms with Crippen molar-refractivity contribution in [1.29, 1.82) is 5.26 Å². The smallest absolute Gasteiger partial charge is 0.410 e. The molecule has 0 spiro atoms. The molecule has 0 radical (unpaired) electrons. The Morgan fingerprint density at radius 2 is 0.744 bits per heavy atom. The molecule has 442 valence electrons. The number of carbonyl (C=O) groups is 2. The number of benzene rings is 6. The number of carbonyl (C=O) groups excluding carboxylic acids is 2. The molecule has 0 aliphatic carbocycles. The standard InChI is InChI=1S/C24H32N2O2.C19H24N2.C13H11Br.C11H22N2O2.C2H3N.CH4/c1-18-17-26(23(27)28-24(3,4)5)19(2)16-25(18)22(20-12-8-6-9-13-20)21-14-10-7-11-15-21;1-15-14-21(16(2)13-20-15)19(17-9-5-3-6-10-17)18-11-7-4-8-12-18;14-13(11-7-3-1-4-8-11)12-9-5-2-6-10-12;1-8-7-13(9(2)6-12-8)10(14)15-11(3,4)5;1-2-3;/h6-15,18-19,22H,16-17H2,1-5H3;3-12,15-16,19-20H,13-14H2,1-2H3;1-10,13H;8-9,12H,6-7H2,1-5H3;1H3;1H4/t18-,19+;15-,16+;;8-,9+;;/m01.0../s1. The van der Waals surface area contributed by atoms with Crippen LogP contribution in [0.1, 0.15) is 148 Å². The van der Waals surface area contributed by atoms with Crippen LogP contribution >= 0.6 is 15.9 Å². The van der Waals surface area contributed by atoms with Crippen molar-refractivity contribution in [3.63, 3.8) is 0 Å². The van der Waals surface area contributed by atoms with E-state index in [-0.39, 0.29) is 43.8 Å². The number of nitriles is 1. The Bertz CT molecular complexity index is 2640. The molecule has 6 aromatic rings. The van der Waals surface area contributed by atoms with E-state index in [4.69, 9.17) is 14.7 Å². The summed E-state index contributed by atoms with van der Waals surface area (Å²) in [5, 5.41) is 14.2. The number of rotatable bonds is 8. The molecule has 3 aliphatic rings. The summed E-state index contributed by atoms with van der Waals surface area (Å²) < 4.78 is 11.0. The highest BCUT2D eigenvalue weighted by molar-refractivity contribution is 9.09. The molecule has 0 saturated carbocycles. The molecule has 3 heterocycles. The fourth-order valence-corrected chi connectivity index (χ4v) is 10.8. The van der Waals surface area contributed by atoms with Gasteiger partial charge in [-0.05, 0) is 116 Å². The number of nitrogens with zero attached hydrogens (tertiary/aromatic N) is 5. The van der Waals surface area contributed by atoms with E-state index >= 15 is 0 Å². The number of piperazine rings is 3. The Kier molecular flexibility index (Phi) is 28.0. The van der Waals surface area contributed by atoms with E-state index in [9.17, 15) is 9.59 Å². The molecule has 3 fully saturated rings. The van der Waals surface area contributed by atoms with Gasteiger partial charge in [0.15, 0.2) is 0 Å². The first-order valence-corrected chi connectivity index (χ1v) is 29.7.